The molecule has 0 radical (unpaired) electrons. The number of nitrogens with one attached hydrogen (secondary N) is 1. The molecule has 0 aliphatic rings. The van der Waals surface area contributed by atoms with E-state index in [1.807, 2.05) is 12.1 Å². The molecule has 0 heterocycles. The van der Waals surface area contributed by atoms with Crippen molar-refractivity contribution in [3.8, 4) is 0 Å². The minimum Gasteiger partial charge on any atom is -0.382 e. The van der Waals surface area contributed by atoms with Crippen molar-refractivity contribution in [2.75, 3.05) is 13.7 Å². The lowest BCUT2D eigenvalue weighted by atomic mass is 9.92. The van der Waals surface area contributed by atoms with Crippen LogP contribution in [-0.2, 0) is 11.2 Å². The zero-order valence-corrected chi connectivity index (χ0v) is 13.4. The molecule has 1 aromatic carbocycles. The van der Waals surface area contributed by atoms with E-state index in [9.17, 15) is 4.39 Å². The number of benzene rings is 1. The number of hydrogen-bond acceptors (Lipinski definition) is 2. The molecule has 114 valence electrons. The summed E-state index contributed by atoms with van der Waals surface area (Å²) >= 11 is 0. The first kappa shape index (κ1) is 17.1. The van der Waals surface area contributed by atoms with Crippen molar-refractivity contribution >= 4 is 0 Å². The Balaban J connectivity index is 2.69. The van der Waals surface area contributed by atoms with E-state index in [1.165, 1.54) is 6.07 Å². The molecule has 0 fully saturated rings. The molecule has 2 atom stereocenters. The van der Waals surface area contributed by atoms with Crippen LogP contribution in [0.1, 0.15) is 39.7 Å². The Morgan fingerprint density at radius 2 is 1.90 bits per heavy atom. The molecule has 2 nitrogen and oxygen atoms in total. The third kappa shape index (κ3) is 6.49. The van der Waals surface area contributed by atoms with Crippen molar-refractivity contribution < 1.29 is 9.13 Å². The SMILES string of the molecule is COC(C)CC(CNC(C)(C)C)Cc1ccccc1F. The summed E-state index contributed by atoms with van der Waals surface area (Å²) in [6, 6.07) is 7.03. The molecule has 3 heteroatoms. The van der Waals surface area contributed by atoms with Gasteiger partial charge in [-0.1, -0.05) is 18.2 Å². The highest BCUT2D eigenvalue weighted by atomic mass is 19.1. The van der Waals surface area contributed by atoms with E-state index in [-0.39, 0.29) is 17.5 Å². The lowest BCUT2D eigenvalue weighted by molar-refractivity contribution is 0.0932. The largest absolute Gasteiger partial charge is 0.382 e. The molecular weight excluding hydrogens is 253 g/mol. The summed E-state index contributed by atoms with van der Waals surface area (Å²) in [7, 11) is 1.72. The zero-order valence-electron chi connectivity index (χ0n) is 13.4. The Morgan fingerprint density at radius 3 is 2.45 bits per heavy atom. The number of rotatable bonds is 7. The second-order valence-corrected chi connectivity index (χ2v) is 6.57. The summed E-state index contributed by atoms with van der Waals surface area (Å²) in [5, 5.41) is 3.51. The van der Waals surface area contributed by atoms with E-state index < -0.39 is 0 Å². The van der Waals surface area contributed by atoms with Crippen LogP contribution in [-0.4, -0.2) is 25.3 Å². The van der Waals surface area contributed by atoms with Crippen LogP contribution in [0.25, 0.3) is 0 Å². The Hall–Kier alpha value is -0.930. The van der Waals surface area contributed by atoms with Crippen molar-refractivity contribution in [1.29, 1.82) is 0 Å². The van der Waals surface area contributed by atoms with Gasteiger partial charge in [0.05, 0.1) is 6.10 Å². The van der Waals surface area contributed by atoms with Crippen LogP contribution >= 0.6 is 0 Å². The van der Waals surface area contributed by atoms with Crippen molar-refractivity contribution in [2.45, 2.75) is 52.2 Å². The minimum absolute atomic E-state index is 0.0732. The van der Waals surface area contributed by atoms with Gasteiger partial charge in [-0.2, -0.15) is 0 Å². The molecule has 0 bridgehead atoms. The molecule has 0 aromatic heterocycles. The molecule has 0 aliphatic heterocycles. The highest BCUT2D eigenvalue weighted by molar-refractivity contribution is 5.18. The van der Waals surface area contributed by atoms with E-state index in [2.05, 4.69) is 33.0 Å². The van der Waals surface area contributed by atoms with Gasteiger partial charge in [0.15, 0.2) is 0 Å². The fraction of sp³-hybridized carbons (Fsp3) is 0.647. The van der Waals surface area contributed by atoms with Gasteiger partial charge in [0.2, 0.25) is 0 Å². The van der Waals surface area contributed by atoms with Crippen LogP contribution in [0.2, 0.25) is 0 Å². The zero-order chi connectivity index (χ0) is 15.2. The summed E-state index contributed by atoms with van der Waals surface area (Å²) in [5.41, 5.74) is 0.862. The predicted octanol–water partition coefficient (Wildman–Crippen LogP) is 3.80. The van der Waals surface area contributed by atoms with E-state index >= 15 is 0 Å². The summed E-state index contributed by atoms with van der Waals surface area (Å²) in [6.45, 7) is 9.36. The average Bonchev–Trinajstić information content (AvgIpc) is 2.37. The average molecular weight is 281 g/mol. The van der Waals surface area contributed by atoms with Gasteiger partial charge < -0.3 is 10.1 Å². The Bertz CT molecular complexity index is 400. The Morgan fingerprint density at radius 1 is 1.25 bits per heavy atom. The Labute approximate surface area is 122 Å². The van der Waals surface area contributed by atoms with E-state index in [1.54, 1.807) is 13.2 Å². The molecule has 20 heavy (non-hydrogen) atoms. The van der Waals surface area contributed by atoms with Crippen molar-refractivity contribution in [1.82, 2.24) is 5.32 Å². The summed E-state index contributed by atoms with van der Waals surface area (Å²) in [6.07, 6.45) is 1.85. The van der Waals surface area contributed by atoms with E-state index in [0.717, 1.165) is 24.9 Å². The van der Waals surface area contributed by atoms with Gasteiger partial charge in [-0.05, 0) is 64.6 Å². The molecule has 0 aliphatic carbocycles. The fourth-order valence-electron chi connectivity index (χ4n) is 2.23. The first-order valence-corrected chi connectivity index (χ1v) is 7.33. The van der Waals surface area contributed by atoms with Gasteiger partial charge in [-0.3, -0.25) is 0 Å². The molecule has 1 aromatic rings. The van der Waals surface area contributed by atoms with Crippen LogP contribution in [0.5, 0.6) is 0 Å². The lowest BCUT2D eigenvalue weighted by Crippen LogP contribution is -2.40. The van der Waals surface area contributed by atoms with Crippen molar-refractivity contribution in [3.63, 3.8) is 0 Å². The number of ether oxygens (including phenoxy) is 1. The molecule has 1 rings (SSSR count). The molecule has 0 amide bonds. The smallest absolute Gasteiger partial charge is 0.126 e. The second-order valence-electron chi connectivity index (χ2n) is 6.57. The highest BCUT2D eigenvalue weighted by Gasteiger charge is 2.18. The van der Waals surface area contributed by atoms with Crippen LogP contribution in [0.3, 0.4) is 0 Å². The maximum atomic E-state index is 13.8. The first-order chi connectivity index (χ1) is 9.31. The molecule has 0 spiro atoms. The molecular formula is C17H28FNO. The summed E-state index contributed by atoms with van der Waals surface area (Å²) < 4.78 is 19.2. The third-order valence-electron chi connectivity index (χ3n) is 3.46. The minimum atomic E-state index is -0.113. The van der Waals surface area contributed by atoms with Gasteiger partial charge in [0.25, 0.3) is 0 Å². The molecule has 0 saturated carbocycles. The maximum absolute atomic E-state index is 13.8. The van der Waals surface area contributed by atoms with Crippen molar-refractivity contribution in [2.24, 2.45) is 5.92 Å². The van der Waals surface area contributed by atoms with E-state index in [4.69, 9.17) is 4.74 Å². The van der Waals surface area contributed by atoms with Crippen LogP contribution in [0.15, 0.2) is 24.3 Å². The van der Waals surface area contributed by atoms with Gasteiger partial charge in [0, 0.05) is 12.6 Å². The molecule has 1 N–H and O–H groups in total. The quantitative estimate of drug-likeness (QED) is 0.821. The molecule has 2 unspecified atom stereocenters. The number of halogens is 1. The predicted molar refractivity (Wildman–Crippen MR) is 82.4 cm³/mol. The highest BCUT2D eigenvalue weighted by Crippen LogP contribution is 2.18. The van der Waals surface area contributed by atoms with Crippen LogP contribution in [0, 0.1) is 11.7 Å². The van der Waals surface area contributed by atoms with Gasteiger partial charge in [0.1, 0.15) is 5.82 Å². The number of methoxy groups -OCH3 is 1. The fourth-order valence-corrected chi connectivity index (χ4v) is 2.23. The monoisotopic (exact) mass is 281 g/mol. The first-order valence-electron chi connectivity index (χ1n) is 7.33. The molecule has 0 saturated heterocycles. The summed E-state index contributed by atoms with van der Waals surface area (Å²) in [4.78, 5) is 0. The van der Waals surface area contributed by atoms with Gasteiger partial charge in [-0.15, -0.1) is 0 Å². The Kier molecular flexibility index (Phi) is 6.63. The van der Waals surface area contributed by atoms with Gasteiger partial charge in [-0.25, -0.2) is 4.39 Å². The van der Waals surface area contributed by atoms with Crippen LogP contribution in [0.4, 0.5) is 4.39 Å². The number of hydrogen-bond donors (Lipinski definition) is 1. The topological polar surface area (TPSA) is 21.3 Å². The van der Waals surface area contributed by atoms with Crippen molar-refractivity contribution in [3.05, 3.63) is 35.6 Å². The third-order valence-corrected chi connectivity index (χ3v) is 3.46. The lowest BCUT2D eigenvalue weighted by Gasteiger charge is -2.27. The maximum Gasteiger partial charge on any atom is 0.126 e. The second kappa shape index (κ2) is 7.75. The summed E-state index contributed by atoms with van der Waals surface area (Å²) in [5.74, 6) is 0.249. The standard InChI is InChI=1S/C17H28FNO/c1-13(20-5)10-14(12-19-17(2,3)4)11-15-8-6-7-9-16(15)18/h6-9,13-14,19H,10-12H2,1-5H3. The normalized spacial score (nSPS) is 15.1. The van der Waals surface area contributed by atoms with Crippen LogP contribution < -0.4 is 5.32 Å². The van der Waals surface area contributed by atoms with E-state index in [0.29, 0.717) is 5.92 Å². The van der Waals surface area contributed by atoms with Gasteiger partial charge >= 0.3 is 0 Å².